The highest BCUT2D eigenvalue weighted by atomic mass is 15.3. The number of hydrogen-bond donors (Lipinski definition) is 3. The highest BCUT2D eigenvalue weighted by Gasteiger charge is 2.09. The molecule has 0 aliphatic heterocycles. The van der Waals surface area contributed by atoms with Gasteiger partial charge in [-0.05, 0) is 0 Å². The summed E-state index contributed by atoms with van der Waals surface area (Å²) in [5.74, 6) is 1.69. The molecular weight excluding hydrogens is 292 g/mol. The molecule has 0 bridgehead atoms. The van der Waals surface area contributed by atoms with E-state index in [9.17, 15) is 0 Å². The Morgan fingerprint density at radius 2 is 2.00 bits per heavy atom. The Hall–Kier alpha value is -3.42. The predicted molar refractivity (Wildman–Crippen MR) is 86.5 cm³/mol. The Kier molecular flexibility index (Phi) is 3.12. The molecule has 23 heavy (non-hydrogen) atoms. The molecular formula is C15H14N8. The number of nitrogens with one attached hydrogen (secondary N) is 2. The molecule has 0 radical (unpaired) electrons. The molecule has 0 aliphatic rings. The van der Waals surface area contributed by atoms with Gasteiger partial charge in [-0.25, -0.2) is 4.98 Å². The quantitative estimate of drug-likeness (QED) is 0.529. The molecule has 0 amide bonds. The zero-order chi connectivity index (χ0) is 15.6. The lowest BCUT2D eigenvalue weighted by Gasteiger charge is -2.09. The second-order valence-corrected chi connectivity index (χ2v) is 4.99. The van der Waals surface area contributed by atoms with Gasteiger partial charge in [0.05, 0.1) is 18.4 Å². The second kappa shape index (κ2) is 5.41. The molecule has 114 valence electrons. The summed E-state index contributed by atoms with van der Waals surface area (Å²) in [5, 5.41) is 14.2. The van der Waals surface area contributed by atoms with E-state index in [2.05, 4.69) is 30.6 Å². The van der Waals surface area contributed by atoms with Crippen molar-refractivity contribution < 1.29 is 0 Å². The van der Waals surface area contributed by atoms with Gasteiger partial charge in [0.2, 0.25) is 5.95 Å². The minimum absolute atomic E-state index is 0.228. The molecule has 3 aromatic heterocycles. The molecule has 3 heterocycles. The van der Waals surface area contributed by atoms with E-state index in [-0.39, 0.29) is 5.95 Å². The summed E-state index contributed by atoms with van der Waals surface area (Å²) >= 11 is 0. The Morgan fingerprint density at radius 3 is 2.78 bits per heavy atom. The highest BCUT2D eigenvalue weighted by Crippen LogP contribution is 2.22. The maximum Gasteiger partial charge on any atom is 0.239 e. The SMILES string of the molecule is Nc1n[nH]c(CNc2cc(-c3ccccc3)nc3ccnn23)n1. The van der Waals surface area contributed by atoms with Crippen LogP contribution in [-0.2, 0) is 6.54 Å². The van der Waals surface area contributed by atoms with E-state index in [4.69, 9.17) is 5.73 Å². The van der Waals surface area contributed by atoms with Gasteiger partial charge in [-0.1, -0.05) is 30.3 Å². The summed E-state index contributed by atoms with van der Waals surface area (Å²) in [6.07, 6.45) is 1.72. The Bertz CT molecular complexity index is 940. The summed E-state index contributed by atoms with van der Waals surface area (Å²) < 4.78 is 1.74. The predicted octanol–water partition coefficient (Wildman–Crippen LogP) is 1.71. The number of nitrogen functional groups attached to an aromatic ring is 1. The molecule has 4 rings (SSSR count). The van der Waals surface area contributed by atoms with Crippen LogP contribution in [0.25, 0.3) is 16.9 Å². The van der Waals surface area contributed by atoms with Crippen LogP contribution in [0.1, 0.15) is 5.82 Å². The fourth-order valence-corrected chi connectivity index (χ4v) is 2.36. The maximum absolute atomic E-state index is 5.51. The van der Waals surface area contributed by atoms with Crippen molar-refractivity contribution in [2.75, 3.05) is 11.1 Å². The average molecular weight is 306 g/mol. The third-order valence-electron chi connectivity index (χ3n) is 3.41. The number of H-pyrrole nitrogens is 1. The number of fused-ring (bicyclic) bond motifs is 1. The van der Waals surface area contributed by atoms with Crippen molar-refractivity contribution in [1.29, 1.82) is 0 Å². The molecule has 0 spiro atoms. The van der Waals surface area contributed by atoms with E-state index in [1.807, 2.05) is 42.5 Å². The molecule has 0 saturated heterocycles. The van der Waals surface area contributed by atoms with Crippen molar-refractivity contribution in [3.05, 3.63) is 54.5 Å². The van der Waals surface area contributed by atoms with Gasteiger partial charge in [0, 0.05) is 17.7 Å². The van der Waals surface area contributed by atoms with E-state index in [1.54, 1.807) is 10.7 Å². The Balaban J connectivity index is 1.71. The molecule has 0 atom stereocenters. The van der Waals surface area contributed by atoms with Crippen molar-refractivity contribution in [2.24, 2.45) is 0 Å². The first-order valence-corrected chi connectivity index (χ1v) is 7.10. The largest absolute Gasteiger partial charge is 0.367 e. The topological polar surface area (TPSA) is 110 Å². The fourth-order valence-electron chi connectivity index (χ4n) is 2.36. The molecule has 0 aliphatic carbocycles. The van der Waals surface area contributed by atoms with Crippen molar-refractivity contribution in [1.82, 2.24) is 29.8 Å². The third-order valence-corrected chi connectivity index (χ3v) is 3.41. The van der Waals surface area contributed by atoms with E-state index in [1.165, 1.54) is 0 Å². The number of nitrogens with zero attached hydrogens (tertiary/aromatic N) is 5. The van der Waals surface area contributed by atoms with Crippen LogP contribution in [0.5, 0.6) is 0 Å². The minimum Gasteiger partial charge on any atom is -0.367 e. The van der Waals surface area contributed by atoms with Crippen LogP contribution in [0.3, 0.4) is 0 Å². The van der Waals surface area contributed by atoms with Gasteiger partial charge in [0.1, 0.15) is 11.6 Å². The van der Waals surface area contributed by atoms with Crippen molar-refractivity contribution in [3.63, 3.8) is 0 Å². The molecule has 4 N–H and O–H groups in total. The van der Waals surface area contributed by atoms with Gasteiger partial charge in [-0.3, -0.25) is 5.10 Å². The van der Waals surface area contributed by atoms with Crippen LogP contribution >= 0.6 is 0 Å². The van der Waals surface area contributed by atoms with Crippen LogP contribution in [0.15, 0.2) is 48.7 Å². The van der Waals surface area contributed by atoms with E-state index in [0.29, 0.717) is 12.4 Å². The normalized spacial score (nSPS) is 11.0. The van der Waals surface area contributed by atoms with E-state index in [0.717, 1.165) is 22.7 Å². The summed E-state index contributed by atoms with van der Waals surface area (Å²) in [7, 11) is 0. The molecule has 1 aromatic carbocycles. The number of nitrogens with two attached hydrogens (primary N) is 1. The highest BCUT2D eigenvalue weighted by molar-refractivity contribution is 5.66. The lowest BCUT2D eigenvalue weighted by atomic mass is 10.1. The average Bonchev–Trinajstić information content (AvgIpc) is 3.22. The Labute approximate surface area is 131 Å². The summed E-state index contributed by atoms with van der Waals surface area (Å²) in [5.41, 5.74) is 8.20. The van der Waals surface area contributed by atoms with Gasteiger partial charge in [0.25, 0.3) is 0 Å². The van der Waals surface area contributed by atoms with E-state index >= 15 is 0 Å². The molecule has 0 saturated carbocycles. The first-order chi connectivity index (χ1) is 11.3. The number of rotatable bonds is 4. The smallest absolute Gasteiger partial charge is 0.239 e. The zero-order valence-corrected chi connectivity index (χ0v) is 12.1. The molecule has 8 nitrogen and oxygen atoms in total. The number of anilines is 2. The van der Waals surface area contributed by atoms with E-state index < -0.39 is 0 Å². The number of hydrogen-bond acceptors (Lipinski definition) is 6. The van der Waals surface area contributed by atoms with Crippen molar-refractivity contribution in [2.45, 2.75) is 6.54 Å². The van der Waals surface area contributed by atoms with Crippen molar-refractivity contribution >= 4 is 17.4 Å². The monoisotopic (exact) mass is 306 g/mol. The van der Waals surface area contributed by atoms with Gasteiger partial charge in [-0.2, -0.15) is 14.6 Å². The zero-order valence-electron chi connectivity index (χ0n) is 12.1. The van der Waals surface area contributed by atoms with Crippen LogP contribution in [0, 0.1) is 0 Å². The lowest BCUT2D eigenvalue weighted by Crippen LogP contribution is -2.07. The number of benzene rings is 1. The van der Waals surface area contributed by atoms with Gasteiger partial charge in [0.15, 0.2) is 5.65 Å². The standard InChI is InChI=1S/C15H14N8/c16-15-20-12(21-22-15)9-17-14-8-11(10-4-2-1-3-5-10)19-13-6-7-18-23(13)14/h1-8,17H,9H2,(H3,16,20,21,22). The summed E-state index contributed by atoms with van der Waals surface area (Å²) in [4.78, 5) is 8.71. The molecule has 0 fully saturated rings. The maximum atomic E-state index is 5.51. The van der Waals surface area contributed by atoms with Crippen LogP contribution in [0.4, 0.5) is 11.8 Å². The molecule has 8 heteroatoms. The van der Waals surface area contributed by atoms with Gasteiger partial charge < -0.3 is 11.1 Å². The summed E-state index contributed by atoms with van der Waals surface area (Å²) in [6, 6.07) is 13.8. The van der Waals surface area contributed by atoms with Crippen LogP contribution in [-0.4, -0.2) is 29.8 Å². The first-order valence-electron chi connectivity index (χ1n) is 7.10. The Morgan fingerprint density at radius 1 is 1.13 bits per heavy atom. The van der Waals surface area contributed by atoms with Crippen LogP contribution < -0.4 is 11.1 Å². The minimum atomic E-state index is 0.228. The fraction of sp³-hybridized carbons (Fsp3) is 0.0667. The van der Waals surface area contributed by atoms with Crippen molar-refractivity contribution in [3.8, 4) is 11.3 Å². The first kappa shape index (κ1) is 13.3. The third kappa shape index (κ3) is 2.57. The second-order valence-electron chi connectivity index (χ2n) is 4.99. The number of aromatic nitrogens is 6. The van der Waals surface area contributed by atoms with Gasteiger partial charge >= 0.3 is 0 Å². The van der Waals surface area contributed by atoms with Gasteiger partial charge in [-0.15, -0.1) is 5.10 Å². The van der Waals surface area contributed by atoms with Crippen LogP contribution in [0.2, 0.25) is 0 Å². The molecule has 4 aromatic rings. The number of aromatic amines is 1. The summed E-state index contributed by atoms with van der Waals surface area (Å²) in [6.45, 7) is 0.456. The lowest BCUT2D eigenvalue weighted by molar-refractivity contribution is 0.898. The molecule has 0 unspecified atom stereocenters.